The topological polar surface area (TPSA) is 23.1 Å². The van der Waals surface area contributed by atoms with Crippen LogP contribution in [0.15, 0.2) is 18.2 Å². The summed E-state index contributed by atoms with van der Waals surface area (Å²) in [6.45, 7) is 0. The van der Waals surface area contributed by atoms with Crippen LogP contribution >= 0.6 is 23.2 Å². The van der Waals surface area contributed by atoms with Gasteiger partial charge in [0.15, 0.2) is 0 Å². The predicted octanol–water partition coefficient (Wildman–Crippen LogP) is -0.929. The summed E-state index contributed by atoms with van der Waals surface area (Å²) in [5, 5.41) is 11.3. The minimum atomic E-state index is -0.232. The second-order valence-corrected chi connectivity index (χ2v) is 2.42. The first-order chi connectivity index (χ1) is 4.20. The van der Waals surface area contributed by atoms with E-state index in [1.165, 1.54) is 12.1 Å². The smallest absolute Gasteiger partial charge is 0.871 e. The van der Waals surface area contributed by atoms with E-state index in [2.05, 4.69) is 0 Å². The summed E-state index contributed by atoms with van der Waals surface area (Å²) >= 11 is 10.9. The van der Waals surface area contributed by atoms with Crippen LogP contribution in [-0.4, -0.2) is 0 Å². The Bertz CT molecular complexity index is 227. The van der Waals surface area contributed by atoms with Crippen LogP contribution in [0.5, 0.6) is 5.75 Å². The SMILES string of the molecule is [K+].[O-]c1cc(Cl)ccc1Cl. The number of hydrogen-bond acceptors (Lipinski definition) is 1. The Morgan fingerprint density at radius 3 is 2.20 bits per heavy atom. The molecule has 0 radical (unpaired) electrons. The van der Waals surface area contributed by atoms with Crippen molar-refractivity contribution >= 4 is 23.2 Å². The number of benzene rings is 1. The fourth-order valence-corrected chi connectivity index (χ4v) is 0.757. The number of rotatable bonds is 0. The largest absolute Gasteiger partial charge is 1.00 e. The summed E-state index contributed by atoms with van der Waals surface area (Å²) in [5.74, 6) is -0.232. The first-order valence-electron chi connectivity index (χ1n) is 2.32. The Kier molecular flexibility index (Phi) is 5.60. The monoisotopic (exact) mass is 200 g/mol. The van der Waals surface area contributed by atoms with Crippen LogP contribution in [0.4, 0.5) is 0 Å². The van der Waals surface area contributed by atoms with Gasteiger partial charge in [-0.3, -0.25) is 0 Å². The molecule has 0 aliphatic carbocycles. The molecule has 1 aromatic carbocycles. The van der Waals surface area contributed by atoms with Crippen molar-refractivity contribution in [1.82, 2.24) is 0 Å². The molecule has 0 aliphatic heterocycles. The van der Waals surface area contributed by atoms with Gasteiger partial charge in [0.2, 0.25) is 0 Å². The van der Waals surface area contributed by atoms with E-state index in [0.29, 0.717) is 5.02 Å². The van der Waals surface area contributed by atoms with Gasteiger partial charge < -0.3 is 5.11 Å². The van der Waals surface area contributed by atoms with E-state index in [1.807, 2.05) is 0 Å². The fourth-order valence-electron chi connectivity index (χ4n) is 0.477. The molecule has 1 aromatic rings. The molecule has 0 saturated heterocycles. The zero-order chi connectivity index (χ0) is 6.85. The zero-order valence-corrected chi connectivity index (χ0v) is 10.0. The minimum Gasteiger partial charge on any atom is -0.871 e. The summed E-state index contributed by atoms with van der Waals surface area (Å²) in [4.78, 5) is 0. The fraction of sp³-hybridized carbons (Fsp3) is 0. The molecule has 48 valence electrons. The summed E-state index contributed by atoms with van der Waals surface area (Å²) < 4.78 is 0. The van der Waals surface area contributed by atoms with Crippen LogP contribution in [-0.2, 0) is 0 Å². The van der Waals surface area contributed by atoms with Crippen molar-refractivity contribution < 1.29 is 56.5 Å². The first-order valence-corrected chi connectivity index (χ1v) is 3.08. The van der Waals surface area contributed by atoms with Crippen LogP contribution in [0.25, 0.3) is 0 Å². The van der Waals surface area contributed by atoms with Crippen molar-refractivity contribution in [3.63, 3.8) is 0 Å². The Balaban J connectivity index is 0.000000810. The normalized spacial score (nSPS) is 8.60. The molecule has 0 heterocycles. The molecule has 10 heavy (non-hydrogen) atoms. The van der Waals surface area contributed by atoms with Crippen molar-refractivity contribution in [2.24, 2.45) is 0 Å². The van der Waals surface area contributed by atoms with Crippen LogP contribution < -0.4 is 56.5 Å². The van der Waals surface area contributed by atoms with Crippen LogP contribution in [0.2, 0.25) is 10.0 Å². The molecule has 0 aliphatic rings. The number of halogens is 2. The molecule has 0 bridgehead atoms. The van der Waals surface area contributed by atoms with Crippen LogP contribution in [0.1, 0.15) is 0 Å². The average molecular weight is 201 g/mol. The van der Waals surface area contributed by atoms with Crippen molar-refractivity contribution in [2.75, 3.05) is 0 Å². The van der Waals surface area contributed by atoms with Gasteiger partial charge in [-0.1, -0.05) is 29.0 Å². The summed E-state index contributed by atoms with van der Waals surface area (Å²) in [7, 11) is 0. The molecule has 0 spiro atoms. The maximum absolute atomic E-state index is 10.6. The summed E-state index contributed by atoms with van der Waals surface area (Å²) in [5.41, 5.74) is 0. The third-order valence-electron chi connectivity index (χ3n) is 0.893. The molecule has 1 nitrogen and oxygen atoms in total. The van der Waals surface area contributed by atoms with E-state index in [9.17, 15) is 5.11 Å². The Hall–Kier alpha value is 1.24. The summed E-state index contributed by atoms with van der Waals surface area (Å²) in [6.07, 6.45) is 0. The molecule has 0 saturated carbocycles. The first kappa shape index (κ1) is 11.2. The predicted molar refractivity (Wildman–Crippen MR) is 35.9 cm³/mol. The van der Waals surface area contributed by atoms with E-state index >= 15 is 0 Å². The zero-order valence-electron chi connectivity index (χ0n) is 5.40. The van der Waals surface area contributed by atoms with E-state index in [1.54, 1.807) is 6.07 Å². The maximum atomic E-state index is 10.6. The standard InChI is InChI=1S/C6H4Cl2O.K/c7-4-1-2-5(8)6(9)3-4;/h1-3,9H;/q;+1/p-1. The third-order valence-corrected chi connectivity index (χ3v) is 1.44. The molecule has 4 heteroatoms. The Morgan fingerprint density at radius 1 is 1.20 bits per heavy atom. The van der Waals surface area contributed by atoms with Gasteiger partial charge in [0.1, 0.15) is 0 Å². The Morgan fingerprint density at radius 2 is 1.80 bits per heavy atom. The van der Waals surface area contributed by atoms with Crippen molar-refractivity contribution in [1.29, 1.82) is 0 Å². The van der Waals surface area contributed by atoms with Crippen LogP contribution in [0, 0.1) is 0 Å². The average Bonchev–Trinajstić information content (AvgIpc) is 1.80. The van der Waals surface area contributed by atoms with Gasteiger partial charge in [-0.05, 0) is 18.2 Å². The van der Waals surface area contributed by atoms with Gasteiger partial charge >= 0.3 is 51.4 Å². The van der Waals surface area contributed by atoms with Gasteiger partial charge in [-0.25, -0.2) is 0 Å². The van der Waals surface area contributed by atoms with E-state index in [4.69, 9.17) is 23.2 Å². The second-order valence-electron chi connectivity index (χ2n) is 1.57. The van der Waals surface area contributed by atoms with Gasteiger partial charge in [0.25, 0.3) is 0 Å². The summed E-state index contributed by atoms with van der Waals surface area (Å²) in [6, 6.07) is 4.33. The van der Waals surface area contributed by atoms with E-state index < -0.39 is 0 Å². The molecule has 0 N–H and O–H groups in total. The van der Waals surface area contributed by atoms with Crippen molar-refractivity contribution in [2.45, 2.75) is 0 Å². The number of hydrogen-bond donors (Lipinski definition) is 0. The van der Waals surface area contributed by atoms with Gasteiger partial charge in [0.05, 0.1) is 0 Å². The molecular weight excluding hydrogens is 198 g/mol. The molecule has 0 atom stereocenters. The van der Waals surface area contributed by atoms with Crippen LogP contribution in [0.3, 0.4) is 0 Å². The molecule has 0 amide bonds. The molecule has 1 rings (SSSR count). The molecule has 0 aromatic heterocycles. The van der Waals surface area contributed by atoms with Gasteiger partial charge in [-0.15, -0.1) is 0 Å². The minimum absolute atomic E-state index is 0. The van der Waals surface area contributed by atoms with E-state index in [0.717, 1.165) is 0 Å². The Labute approximate surface area is 112 Å². The van der Waals surface area contributed by atoms with E-state index in [-0.39, 0.29) is 62.2 Å². The second kappa shape index (κ2) is 4.98. The van der Waals surface area contributed by atoms with Crippen molar-refractivity contribution in [3.8, 4) is 5.75 Å². The van der Waals surface area contributed by atoms with Gasteiger partial charge in [0, 0.05) is 10.0 Å². The van der Waals surface area contributed by atoms with Crippen molar-refractivity contribution in [3.05, 3.63) is 28.2 Å². The quantitative estimate of drug-likeness (QED) is 0.497. The maximum Gasteiger partial charge on any atom is 1.00 e. The third kappa shape index (κ3) is 3.09. The molecule has 0 fully saturated rings. The molecule has 0 unspecified atom stereocenters. The van der Waals surface area contributed by atoms with Gasteiger partial charge in [-0.2, -0.15) is 0 Å². The molecular formula is C6H3Cl2KO.